The maximum atomic E-state index is 8.95. The van der Waals surface area contributed by atoms with E-state index < -0.39 is 0 Å². The molecule has 0 radical (unpaired) electrons. The van der Waals surface area contributed by atoms with Crippen molar-refractivity contribution in [1.82, 2.24) is 0 Å². The number of aliphatic hydroxyl groups is 1. The fourth-order valence-electron chi connectivity index (χ4n) is 1.73. The highest BCUT2D eigenvalue weighted by Crippen LogP contribution is 2.41. The summed E-state index contributed by atoms with van der Waals surface area (Å²) >= 11 is 3.45. The normalized spacial score (nSPS) is 14.1. The molecule has 1 aromatic carbocycles. The van der Waals surface area contributed by atoms with Gasteiger partial charge in [0.05, 0.1) is 4.47 Å². The molecule has 2 rings (SSSR count). The average molecular weight is 273 g/mol. The van der Waals surface area contributed by atoms with Crippen molar-refractivity contribution in [3.05, 3.63) is 21.7 Å². The van der Waals surface area contributed by atoms with Gasteiger partial charge in [0, 0.05) is 6.61 Å². The molecule has 0 saturated carbocycles. The summed E-state index contributed by atoms with van der Waals surface area (Å²) in [6.45, 7) is 3.31. The third-order valence-electron chi connectivity index (χ3n) is 2.50. The molecule has 4 heteroatoms. The lowest BCUT2D eigenvalue weighted by Gasteiger charge is -2.23. The molecule has 1 N–H and O–H groups in total. The molecule has 0 fully saturated rings. The molecule has 0 atom stereocenters. The molecule has 0 spiro atoms. The van der Waals surface area contributed by atoms with Crippen molar-refractivity contribution in [2.24, 2.45) is 0 Å². The molecule has 0 amide bonds. The molecule has 1 aliphatic heterocycles. The Morgan fingerprint density at radius 1 is 1.33 bits per heavy atom. The fourth-order valence-corrected chi connectivity index (χ4v) is 2.30. The highest BCUT2D eigenvalue weighted by Gasteiger charge is 2.19. The number of benzene rings is 1. The number of rotatable bonds is 2. The lowest BCUT2D eigenvalue weighted by atomic mass is 10.0. The van der Waals surface area contributed by atoms with Crippen LogP contribution in [-0.4, -0.2) is 24.9 Å². The van der Waals surface area contributed by atoms with Gasteiger partial charge in [0.25, 0.3) is 0 Å². The zero-order chi connectivity index (χ0) is 10.8. The van der Waals surface area contributed by atoms with Crippen molar-refractivity contribution in [2.45, 2.75) is 13.3 Å². The Kier molecular flexibility index (Phi) is 3.17. The van der Waals surface area contributed by atoms with Gasteiger partial charge in [-0.1, -0.05) is 0 Å². The van der Waals surface area contributed by atoms with Crippen molar-refractivity contribution < 1.29 is 14.6 Å². The first-order chi connectivity index (χ1) is 7.24. The van der Waals surface area contributed by atoms with E-state index in [1.54, 1.807) is 0 Å². The number of halogens is 1. The fraction of sp³-hybridized carbons (Fsp3) is 0.455. The summed E-state index contributed by atoms with van der Waals surface area (Å²) in [7, 11) is 0. The predicted octanol–water partition coefficient (Wildman–Crippen LogP) is 2.06. The molecular weight excluding hydrogens is 260 g/mol. The van der Waals surface area contributed by atoms with E-state index in [0.29, 0.717) is 19.6 Å². The monoisotopic (exact) mass is 272 g/mol. The van der Waals surface area contributed by atoms with Crippen molar-refractivity contribution in [3.8, 4) is 11.5 Å². The van der Waals surface area contributed by atoms with Crippen LogP contribution in [-0.2, 0) is 6.42 Å². The number of hydrogen-bond donors (Lipinski definition) is 1. The summed E-state index contributed by atoms with van der Waals surface area (Å²) in [4.78, 5) is 0. The standard InChI is InChI=1S/C11H13BrO3/c1-7-8(2-3-13)6-9(12)11-10(7)14-4-5-15-11/h6,13H,2-5H2,1H3. The van der Waals surface area contributed by atoms with Gasteiger partial charge in [-0.05, 0) is 46.5 Å². The Labute approximate surface area is 97.1 Å². The minimum atomic E-state index is 0.146. The van der Waals surface area contributed by atoms with Crippen LogP contribution in [0.5, 0.6) is 11.5 Å². The lowest BCUT2D eigenvalue weighted by Crippen LogP contribution is -2.17. The van der Waals surface area contributed by atoms with Crippen molar-refractivity contribution >= 4 is 15.9 Å². The van der Waals surface area contributed by atoms with E-state index in [0.717, 1.165) is 27.1 Å². The molecule has 0 unspecified atom stereocenters. The van der Waals surface area contributed by atoms with Crippen LogP contribution in [0.3, 0.4) is 0 Å². The first-order valence-corrected chi connectivity index (χ1v) is 5.71. The Hall–Kier alpha value is -0.740. The van der Waals surface area contributed by atoms with Gasteiger partial charge in [-0.15, -0.1) is 0 Å². The average Bonchev–Trinajstić information content (AvgIpc) is 2.26. The van der Waals surface area contributed by atoms with Gasteiger partial charge in [-0.2, -0.15) is 0 Å². The summed E-state index contributed by atoms with van der Waals surface area (Å²) in [5.74, 6) is 1.58. The zero-order valence-electron chi connectivity index (χ0n) is 8.55. The van der Waals surface area contributed by atoms with E-state index in [-0.39, 0.29) is 6.61 Å². The second kappa shape index (κ2) is 4.41. The molecule has 0 bridgehead atoms. The molecule has 0 saturated heterocycles. The number of hydrogen-bond acceptors (Lipinski definition) is 3. The van der Waals surface area contributed by atoms with Crippen LogP contribution in [0.15, 0.2) is 10.5 Å². The smallest absolute Gasteiger partial charge is 0.175 e. The minimum absolute atomic E-state index is 0.146. The quantitative estimate of drug-likeness (QED) is 0.896. The summed E-state index contributed by atoms with van der Waals surface area (Å²) < 4.78 is 12.0. The first-order valence-electron chi connectivity index (χ1n) is 4.92. The van der Waals surface area contributed by atoms with Crippen LogP contribution in [0.25, 0.3) is 0 Å². The highest BCUT2D eigenvalue weighted by molar-refractivity contribution is 9.10. The van der Waals surface area contributed by atoms with E-state index in [9.17, 15) is 0 Å². The zero-order valence-corrected chi connectivity index (χ0v) is 10.1. The molecule has 15 heavy (non-hydrogen) atoms. The topological polar surface area (TPSA) is 38.7 Å². The summed E-state index contributed by atoms with van der Waals surface area (Å²) in [5, 5.41) is 8.95. The minimum Gasteiger partial charge on any atom is -0.486 e. The van der Waals surface area contributed by atoms with Gasteiger partial charge in [0.15, 0.2) is 11.5 Å². The van der Waals surface area contributed by atoms with E-state index in [4.69, 9.17) is 14.6 Å². The van der Waals surface area contributed by atoms with Crippen LogP contribution < -0.4 is 9.47 Å². The second-order valence-electron chi connectivity index (χ2n) is 3.47. The molecule has 1 aliphatic rings. The maximum absolute atomic E-state index is 8.95. The van der Waals surface area contributed by atoms with Gasteiger partial charge in [-0.3, -0.25) is 0 Å². The van der Waals surface area contributed by atoms with E-state index in [1.165, 1.54) is 0 Å². The van der Waals surface area contributed by atoms with Crippen LogP contribution in [0, 0.1) is 6.92 Å². The molecule has 0 aromatic heterocycles. The van der Waals surface area contributed by atoms with Crippen molar-refractivity contribution in [3.63, 3.8) is 0 Å². The van der Waals surface area contributed by atoms with E-state index in [2.05, 4.69) is 15.9 Å². The van der Waals surface area contributed by atoms with Crippen LogP contribution in [0.4, 0.5) is 0 Å². The number of ether oxygens (including phenoxy) is 2. The molecule has 1 heterocycles. The third-order valence-corrected chi connectivity index (χ3v) is 3.09. The van der Waals surface area contributed by atoms with Gasteiger partial charge < -0.3 is 14.6 Å². The Bertz CT molecular complexity index is 377. The van der Waals surface area contributed by atoms with E-state index >= 15 is 0 Å². The van der Waals surface area contributed by atoms with Crippen molar-refractivity contribution in [2.75, 3.05) is 19.8 Å². The Morgan fingerprint density at radius 3 is 2.67 bits per heavy atom. The van der Waals surface area contributed by atoms with Gasteiger partial charge in [0.1, 0.15) is 13.2 Å². The Morgan fingerprint density at radius 2 is 2.00 bits per heavy atom. The summed E-state index contributed by atoms with van der Waals surface area (Å²) in [6, 6.07) is 1.99. The third kappa shape index (κ3) is 1.96. The number of fused-ring (bicyclic) bond motifs is 1. The van der Waals surface area contributed by atoms with Gasteiger partial charge in [-0.25, -0.2) is 0 Å². The first kappa shape index (κ1) is 10.8. The van der Waals surface area contributed by atoms with Crippen LogP contribution in [0.2, 0.25) is 0 Å². The molecule has 3 nitrogen and oxygen atoms in total. The maximum Gasteiger partial charge on any atom is 0.175 e. The predicted molar refractivity (Wildman–Crippen MR) is 60.7 cm³/mol. The van der Waals surface area contributed by atoms with Crippen LogP contribution in [0.1, 0.15) is 11.1 Å². The Balaban J connectivity index is 2.49. The second-order valence-corrected chi connectivity index (χ2v) is 4.33. The largest absolute Gasteiger partial charge is 0.486 e. The highest BCUT2D eigenvalue weighted by atomic mass is 79.9. The summed E-state index contributed by atoms with van der Waals surface area (Å²) in [6.07, 6.45) is 0.640. The SMILES string of the molecule is Cc1c(CCO)cc(Br)c2c1OCCO2. The molecule has 1 aromatic rings. The molecule has 0 aliphatic carbocycles. The summed E-state index contributed by atoms with van der Waals surface area (Å²) in [5.41, 5.74) is 2.15. The lowest BCUT2D eigenvalue weighted by molar-refractivity contribution is 0.169. The molecular formula is C11H13BrO3. The van der Waals surface area contributed by atoms with Crippen LogP contribution >= 0.6 is 15.9 Å². The van der Waals surface area contributed by atoms with Gasteiger partial charge in [0.2, 0.25) is 0 Å². The van der Waals surface area contributed by atoms with E-state index in [1.807, 2.05) is 13.0 Å². The number of aliphatic hydroxyl groups excluding tert-OH is 1. The van der Waals surface area contributed by atoms with Crippen molar-refractivity contribution in [1.29, 1.82) is 0 Å². The van der Waals surface area contributed by atoms with Gasteiger partial charge >= 0.3 is 0 Å². The molecule has 82 valence electrons.